The van der Waals surface area contributed by atoms with Crippen molar-refractivity contribution >= 4 is 82.1 Å². The summed E-state index contributed by atoms with van der Waals surface area (Å²) in [5, 5.41) is 8.19. The van der Waals surface area contributed by atoms with Crippen LogP contribution in [0.3, 0.4) is 0 Å². The van der Waals surface area contributed by atoms with Crippen molar-refractivity contribution in [1.82, 2.24) is 28.5 Å². The normalized spacial score (nSPS) is 12.3. The van der Waals surface area contributed by atoms with E-state index in [1.807, 2.05) is 24.5 Å². The first-order chi connectivity index (χ1) is 23.3. The third kappa shape index (κ3) is 3.21. The molecule has 0 saturated heterocycles. The minimum atomic E-state index is 0.875. The second-order valence-electron chi connectivity index (χ2n) is 12.1. The highest BCUT2D eigenvalue weighted by Gasteiger charge is 2.23. The predicted molar refractivity (Wildman–Crippen MR) is 192 cm³/mol. The number of hydrogen-bond acceptors (Lipinski definition) is 3. The fourth-order valence-corrected chi connectivity index (χ4v) is 7.84. The Labute approximate surface area is 267 Å². The van der Waals surface area contributed by atoms with Crippen LogP contribution in [0.4, 0.5) is 0 Å². The summed E-state index contributed by atoms with van der Waals surface area (Å²) in [5.74, 6) is 0. The second-order valence-corrected chi connectivity index (χ2v) is 12.1. The number of para-hydroxylation sites is 3. The van der Waals surface area contributed by atoms with Crippen LogP contribution in [0.5, 0.6) is 0 Å². The Morgan fingerprint density at radius 2 is 1.13 bits per heavy atom. The van der Waals surface area contributed by atoms with E-state index >= 15 is 0 Å². The SMILES string of the molecule is c1ccc(-n2c3ccccc3c3cc4c5c6c7cccnc7n7c8cnccc8nc7c6ccc5n(-c5ccccc5)c4cc32)cc1. The number of benzene rings is 5. The van der Waals surface area contributed by atoms with E-state index in [0.29, 0.717) is 0 Å². The van der Waals surface area contributed by atoms with Crippen molar-refractivity contribution in [2.24, 2.45) is 0 Å². The molecule has 5 aromatic carbocycles. The van der Waals surface area contributed by atoms with Gasteiger partial charge in [-0.05, 0) is 72.8 Å². The van der Waals surface area contributed by atoms with Crippen LogP contribution in [0.25, 0.3) is 93.5 Å². The maximum Gasteiger partial charge on any atom is 0.147 e. The highest BCUT2D eigenvalue weighted by molar-refractivity contribution is 6.31. The minimum absolute atomic E-state index is 0.875. The van der Waals surface area contributed by atoms with Gasteiger partial charge in [-0.1, -0.05) is 54.6 Å². The highest BCUT2D eigenvalue weighted by Crippen LogP contribution is 2.44. The number of rotatable bonds is 2. The zero-order valence-electron chi connectivity index (χ0n) is 25.0. The van der Waals surface area contributed by atoms with Crippen LogP contribution in [0, 0.1) is 0 Å². The highest BCUT2D eigenvalue weighted by atomic mass is 15.1. The molecule has 0 N–H and O–H groups in total. The minimum Gasteiger partial charge on any atom is -0.309 e. The van der Waals surface area contributed by atoms with Crippen molar-refractivity contribution in [1.29, 1.82) is 0 Å². The Balaban J connectivity index is 1.41. The number of imidazole rings is 1. The third-order valence-electron chi connectivity index (χ3n) is 9.72. The first-order valence-electron chi connectivity index (χ1n) is 15.8. The van der Waals surface area contributed by atoms with E-state index in [0.717, 1.165) is 60.9 Å². The number of aromatic nitrogens is 6. The summed E-state index contributed by atoms with van der Waals surface area (Å²) in [6.07, 6.45) is 5.55. The lowest BCUT2D eigenvalue weighted by Crippen LogP contribution is -1.96. The standard InChI is InChI=1S/C41H24N6/c1-3-10-25(11-4-1)45-33-16-8-7-14-27(33)30-22-31-36(23-35(30)45)46(26-12-5-2-6-13-26)34-18-17-29-38(39(31)34)28-15-9-20-43-40(28)47-37-24-42-21-19-32(37)44-41(29)47/h1-24H. The average Bonchev–Trinajstić information content (AvgIpc) is 3.79. The molecule has 0 saturated carbocycles. The number of pyridine rings is 3. The fourth-order valence-electron chi connectivity index (χ4n) is 7.84. The monoisotopic (exact) mass is 600 g/mol. The van der Waals surface area contributed by atoms with Crippen LogP contribution in [0.2, 0.25) is 0 Å². The lowest BCUT2D eigenvalue weighted by molar-refractivity contribution is 1.16. The van der Waals surface area contributed by atoms with E-state index in [2.05, 4.69) is 134 Å². The van der Waals surface area contributed by atoms with Gasteiger partial charge in [0.15, 0.2) is 0 Å². The maximum absolute atomic E-state index is 5.15. The molecule has 0 aliphatic heterocycles. The van der Waals surface area contributed by atoms with Crippen molar-refractivity contribution in [3.8, 4) is 11.4 Å². The Morgan fingerprint density at radius 1 is 0.426 bits per heavy atom. The fraction of sp³-hybridized carbons (Fsp3) is 0. The van der Waals surface area contributed by atoms with E-state index in [1.165, 1.54) is 32.6 Å². The molecule has 6 heterocycles. The molecule has 6 nitrogen and oxygen atoms in total. The predicted octanol–water partition coefficient (Wildman–Crippen LogP) is 9.78. The topological polar surface area (TPSA) is 52.9 Å². The quantitative estimate of drug-likeness (QED) is 0.186. The molecule has 6 aromatic heterocycles. The summed E-state index contributed by atoms with van der Waals surface area (Å²) >= 11 is 0. The second kappa shape index (κ2) is 9.02. The number of hydrogen-bond donors (Lipinski definition) is 0. The van der Waals surface area contributed by atoms with Gasteiger partial charge in [0, 0.05) is 61.5 Å². The Hall–Kier alpha value is -6.53. The van der Waals surface area contributed by atoms with Gasteiger partial charge in [-0.25, -0.2) is 9.97 Å². The summed E-state index contributed by atoms with van der Waals surface area (Å²) in [4.78, 5) is 14.5. The summed E-state index contributed by atoms with van der Waals surface area (Å²) in [5.41, 5.74) is 10.6. The van der Waals surface area contributed by atoms with Gasteiger partial charge in [0.2, 0.25) is 0 Å². The first kappa shape index (κ1) is 24.8. The molecule has 0 aliphatic carbocycles. The van der Waals surface area contributed by atoms with Crippen LogP contribution in [-0.2, 0) is 0 Å². The van der Waals surface area contributed by atoms with Gasteiger partial charge in [-0.15, -0.1) is 0 Å². The summed E-state index contributed by atoms with van der Waals surface area (Å²) < 4.78 is 6.96. The largest absolute Gasteiger partial charge is 0.309 e. The molecule has 11 aromatic rings. The van der Waals surface area contributed by atoms with Gasteiger partial charge in [0.25, 0.3) is 0 Å². The molecule has 0 atom stereocenters. The smallest absolute Gasteiger partial charge is 0.147 e. The zero-order valence-corrected chi connectivity index (χ0v) is 25.0. The van der Waals surface area contributed by atoms with Crippen LogP contribution >= 0.6 is 0 Å². The van der Waals surface area contributed by atoms with Crippen molar-refractivity contribution in [2.75, 3.05) is 0 Å². The molecule has 0 amide bonds. The molecular formula is C41H24N6. The lowest BCUT2D eigenvalue weighted by atomic mass is 10.0. The lowest BCUT2D eigenvalue weighted by Gasteiger charge is -2.11. The van der Waals surface area contributed by atoms with E-state index in [1.54, 1.807) is 6.20 Å². The molecule has 0 spiro atoms. The van der Waals surface area contributed by atoms with E-state index in [-0.39, 0.29) is 0 Å². The first-order valence-corrected chi connectivity index (χ1v) is 15.8. The molecular weight excluding hydrogens is 576 g/mol. The molecule has 0 aliphatic rings. The maximum atomic E-state index is 5.15. The number of fused-ring (bicyclic) bond motifs is 15. The Kier molecular flexibility index (Phi) is 4.75. The summed E-state index contributed by atoms with van der Waals surface area (Å²) in [6.45, 7) is 0. The Morgan fingerprint density at radius 3 is 1.96 bits per heavy atom. The molecule has 47 heavy (non-hydrogen) atoms. The van der Waals surface area contributed by atoms with E-state index in [9.17, 15) is 0 Å². The van der Waals surface area contributed by atoms with Crippen molar-refractivity contribution in [2.45, 2.75) is 0 Å². The molecule has 0 radical (unpaired) electrons. The van der Waals surface area contributed by atoms with Gasteiger partial charge in [-0.3, -0.25) is 9.38 Å². The van der Waals surface area contributed by atoms with Crippen LogP contribution in [-0.4, -0.2) is 28.5 Å². The van der Waals surface area contributed by atoms with Gasteiger partial charge in [0.05, 0.1) is 39.3 Å². The molecule has 0 bridgehead atoms. The zero-order chi connectivity index (χ0) is 30.6. The molecule has 0 unspecified atom stereocenters. The van der Waals surface area contributed by atoms with E-state index < -0.39 is 0 Å². The molecule has 218 valence electrons. The average molecular weight is 601 g/mol. The Bertz CT molecular complexity index is 3060. The van der Waals surface area contributed by atoms with Gasteiger partial charge >= 0.3 is 0 Å². The molecule has 11 rings (SSSR count). The van der Waals surface area contributed by atoms with Crippen LogP contribution in [0.1, 0.15) is 0 Å². The summed E-state index contributed by atoms with van der Waals surface area (Å²) in [7, 11) is 0. The molecule has 0 fully saturated rings. The van der Waals surface area contributed by atoms with Crippen LogP contribution in [0.15, 0.2) is 146 Å². The van der Waals surface area contributed by atoms with Crippen LogP contribution < -0.4 is 0 Å². The van der Waals surface area contributed by atoms with Gasteiger partial charge in [0.1, 0.15) is 11.3 Å². The van der Waals surface area contributed by atoms with Gasteiger partial charge < -0.3 is 9.13 Å². The van der Waals surface area contributed by atoms with Crippen molar-refractivity contribution in [3.05, 3.63) is 146 Å². The third-order valence-corrected chi connectivity index (χ3v) is 9.72. The van der Waals surface area contributed by atoms with E-state index in [4.69, 9.17) is 9.97 Å². The number of nitrogens with zero attached hydrogens (tertiary/aromatic N) is 6. The van der Waals surface area contributed by atoms with Crippen molar-refractivity contribution < 1.29 is 0 Å². The van der Waals surface area contributed by atoms with Crippen molar-refractivity contribution in [3.63, 3.8) is 0 Å². The summed E-state index contributed by atoms with van der Waals surface area (Å²) in [6, 6.07) is 45.5. The van der Waals surface area contributed by atoms with Gasteiger partial charge in [-0.2, -0.15) is 0 Å². The molecule has 6 heteroatoms.